The van der Waals surface area contributed by atoms with Gasteiger partial charge in [0.2, 0.25) is 0 Å². The average Bonchev–Trinajstić information content (AvgIpc) is 2.46. The second kappa shape index (κ2) is 8.17. The summed E-state index contributed by atoms with van der Waals surface area (Å²) in [6.45, 7) is 2.75. The van der Waals surface area contributed by atoms with E-state index in [9.17, 15) is 0 Å². The minimum atomic E-state index is 0.0897. The number of nitrogens with two attached hydrogens (primary N) is 1. The molecular weight excluding hydrogens is 330 g/mol. The van der Waals surface area contributed by atoms with E-state index in [0.717, 1.165) is 27.8 Å². The van der Waals surface area contributed by atoms with Crippen LogP contribution in [-0.4, -0.2) is 12.8 Å². The largest absolute Gasteiger partial charge is 0.467 e. The zero-order chi connectivity index (χ0) is 15.1. The van der Waals surface area contributed by atoms with Gasteiger partial charge in [-0.15, -0.1) is 0 Å². The second-order valence-electron chi connectivity index (χ2n) is 5.03. The van der Waals surface area contributed by atoms with Crippen LogP contribution in [0.1, 0.15) is 18.1 Å². The van der Waals surface area contributed by atoms with E-state index in [1.807, 2.05) is 55.5 Å². The smallest absolute Gasteiger partial charge is 0.189 e. The van der Waals surface area contributed by atoms with Crippen molar-refractivity contribution in [2.45, 2.75) is 26.0 Å². The molecule has 0 fully saturated rings. The van der Waals surface area contributed by atoms with E-state index < -0.39 is 0 Å². The van der Waals surface area contributed by atoms with Gasteiger partial charge in [0.1, 0.15) is 5.75 Å². The summed E-state index contributed by atoms with van der Waals surface area (Å²) in [5, 5.41) is 0. The van der Waals surface area contributed by atoms with Gasteiger partial charge in [-0.25, -0.2) is 0 Å². The van der Waals surface area contributed by atoms with Gasteiger partial charge in [-0.2, -0.15) is 0 Å². The molecule has 0 amide bonds. The standard InChI is InChI=1S/C17H20BrNO2/c1-13(19)9-15-10-16(18)7-8-17(15)21-12-20-11-14-5-3-2-4-6-14/h2-8,10,13H,9,11-12,19H2,1H3. The Bertz CT molecular complexity index is 558. The Labute approximate surface area is 134 Å². The Morgan fingerprint density at radius 3 is 2.62 bits per heavy atom. The molecule has 0 heterocycles. The highest BCUT2D eigenvalue weighted by Gasteiger charge is 2.07. The predicted octanol–water partition coefficient (Wildman–Crippen LogP) is 3.89. The highest BCUT2D eigenvalue weighted by molar-refractivity contribution is 9.10. The minimum Gasteiger partial charge on any atom is -0.467 e. The molecule has 0 aromatic heterocycles. The van der Waals surface area contributed by atoms with Gasteiger partial charge < -0.3 is 15.2 Å². The van der Waals surface area contributed by atoms with E-state index >= 15 is 0 Å². The molecule has 1 atom stereocenters. The van der Waals surface area contributed by atoms with Crippen molar-refractivity contribution in [1.82, 2.24) is 0 Å². The SMILES string of the molecule is CC(N)Cc1cc(Br)ccc1OCOCc1ccccc1. The fraction of sp³-hybridized carbons (Fsp3) is 0.294. The van der Waals surface area contributed by atoms with Gasteiger partial charge in [0.15, 0.2) is 6.79 Å². The van der Waals surface area contributed by atoms with Crippen LogP contribution in [0.4, 0.5) is 0 Å². The third-order valence-corrected chi connectivity index (χ3v) is 3.47. The van der Waals surface area contributed by atoms with Gasteiger partial charge in [-0.05, 0) is 42.7 Å². The Hall–Kier alpha value is -1.36. The molecule has 0 aliphatic rings. The highest BCUT2D eigenvalue weighted by Crippen LogP contribution is 2.24. The molecule has 0 saturated carbocycles. The van der Waals surface area contributed by atoms with Crippen molar-refractivity contribution in [2.75, 3.05) is 6.79 Å². The number of benzene rings is 2. The van der Waals surface area contributed by atoms with Crippen molar-refractivity contribution < 1.29 is 9.47 Å². The zero-order valence-electron chi connectivity index (χ0n) is 12.1. The lowest BCUT2D eigenvalue weighted by Crippen LogP contribution is -2.18. The number of hydrogen-bond acceptors (Lipinski definition) is 3. The van der Waals surface area contributed by atoms with Gasteiger partial charge in [0, 0.05) is 10.5 Å². The Morgan fingerprint density at radius 2 is 1.90 bits per heavy atom. The topological polar surface area (TPSA) is 44.5 Å². The van der Waals surface area contributed by atoms with E-state index in [1.54, 1.807) is 0 Å². The number of ether oxygens (including phenoxy) is 2. The summed E-state index contributed by atoms with van der Waals surface area (Å²) in [4.78, 5) is 0. The maximum Gasteiger partial charge on any atom is 0.189 e. The quantitative estimate of drug-likeness (QED) is 0.609. The molecule has 0 saturated heterocycles. The van der Waals surface area contributed by atoms with Gasteiger partial charge in [-0.3, -0.25) is 0 Å². The van der Waals surface area contributed by atoms with Gasteiger partial charge in [-0.1, -0.05) is 46.3 Å². The van der Waals surface area contributed by atoms with Crippen LogP contribution in [0, 0.1) is 0 Å². The Morgan fingerprint density at radius 1 is 1.14 bits per heavy atom. The van der Waals surface area contributed by atoms with Crippen molar-refractivity contribution in [3.8, 4) is 5.75 Å². The van der Waals surface area contributed by atoms with E-state index in [2.05, 4.69) is 15.9 Å². The number of halogens is 1. The maximum atomic E-state index is 5.87. The first-order chi connectivity index (χ1) is 10.1. The van der Waals surface area contributed by atoms with E-state index in [1.165, 1.54) is 0 Å². The molecule has 1 unspecified atom stereocenters. The first-order valence-electron chi connectivity index (χ1n) is 6.93. The van der Waals surface area contributed by atoms with Crippen LogP contribution in [-0.2, 0) is 17.8 Å². The van der Waals surface area contributed by atoms with E-state index in [4.69, 9.17) is 15.2 Å². The summed E-state index contributed by atoms with van der Waals surface area (Å²) in [5.41, 5.74) is 8.09. The molecule has 21 heavy (non-hydrogen) atoms. The number of rotatable bonds is 7. The third-order valence-electron chi connectivity index (χ3n) is 2.97. The van der Waals surface area contributed by atoms with Crippen LogP contribution in [0.25, 0.3) is 0 Å². The van der Waals surface area contributed by atoms with Crippen LogP contribution < -0.4 is 10.5 Å². The van der Waals surface area contributed by atoms with Crippen LogP contribution in [0.5, 0.6) is 5.75 Å². The van der Waals surface area contributed by atoms with Crippen molar-refractivity contribution in [3.63, 3.8) is 0 Å². The molecule has 0 aliphatic heterocycles. The van der Waals surface area contributed by atoms with Crippen molar-refractivity contribution in [2.24, 2.45) is 5.73 Å². The predicted molar refractivity (Wildman–Crippen MR) is 88.2 cm³/mol. The molecule has 2 aromatic rings. The molecule has 2 aromatic carbocycles. The summed E-state index contributed by atoms with van der Waals surface area (Å²) in [7, 11) is 0. The number of hydrogen-bond donors (Lipinski definition) is 1. The van der Waals surface area contributed by atoms with Crippen LogP contribution in [0.3, 0.4) is 0 Å². The molecule has 2 rings (SSSR count). The van der Waals surface area contributed by atoms with Crippen LogP contribution in [0.2, 0.25) is 0 Å². The van der Waals surface area contributed by atoms with Gasteiger partial charge in [0.05, 0.1) is 6.61 Å². The average molecular weight is 350 g/mol. The summed E-state index contributed by atoms with van der Waals surface area (Å²) in [6.07, 6.45) is 0.771. The molecule has 112 valence electrons. The maximum absolute atomic E-state index is 5.87. The molecule has 2 N–H and O–H groups in total. The summed E-state index contributed by atoms with van der Waals surface area (Å²) in [5.74, 6) is 0.823. The molecule has 3 nitrogen and oxygen atoms in total. The summed E-state index contributed by atoms with van der Waals surface area (Å²) < 4.78 is 12.3. The van der Waals surface area contributed by atoms with Gasteiger partial charge in [0.25, 0.3) is 0 Å². The first kappa shape index (κ1) is 16.0. The Kier molecular flexibility index (Phi) is 6.23. The Balaban J connectivity index is 1.87. The monoisotopic (exact) mass is 349 g/mol. The summed E-state index contributed by atoms with van der Waals surface area (Å²) >= 11 is 3.47. The normalized spacial score (nSPS) is 12.1. The molecule has 0 spiro atoms. The van der Waals surface area contributed by atoms with E-state index in [0.29, 0.717) is 6.61 Å². The molecule has 0 radical (unpaired) electrons. The lowest BCUT2D eigenvalue weighted by atomic mass is 10.1. The summed E-state index contributed by atoms with van der Waals surface area (Å²) in [6, 6.07) is 16.1. The molecular formula is C17H20BrNO2. The highest BCUT2D eigenvalue weighted by atomic mass is 79.9. The van der Waals surface area contributed by atoms with Crippen LogP contribution >= 0.6 is 15.9 Å². The zero-order valence-corrected chi connectivity index (χ0v) is 13.7. The fourth-order valence-corrected chi connectivity index (χ4v) is 2.44. The molecule has 0 bridgehead atoms. The van der Waals surface area contributed by atoms with Crippen LogP contribution in [0.15, 0.2) is 53.0 Å². The van der Waals surface area contributed by atoms with Crippen molar-refractivity contribution >= 4 is 15.9 Å². The molecule has 0 aliphatic carbocycles. The first-order valence-corrected chi connectivity index (χ1v) is 7.73. The minimum absolute atomic E-state index is 0.0897. The second-order valence-corrected chi connectivity index (χ2v) is 5.95. The fourth-order valence-electron chi connectivity index (χ4n) is 2.03. The van der Waals surface area contributed by atoms with Gasteiger partial charge >= 0.3 is 0 Å². The molecule has 4 heteroatoms. The lowest BCUT2D eigenvalue weighted by Gasteiger charge is -2.14. The third kappa shape index (κ3) is 5.50. The van der Waals surface area contributed by atoms with Crippen molar-refractivity contribution in [1.29, 1.82) is 0 Å². The lowest BCUT2D eigenvalue weighted by molar-refractivity contribution is 0.00450. The van der Waals surface area contributed by atoms with Crippen molar-refractivity contribution in [3.05, 3.63) is 64.1 Å². The van der Waals surface area contributed by atoms with E-state index in [-0.39, 0.29) is 12.8 Å².